The minimum atomic E-state index is 0.665. The summed E-state index contributed by atoms with van der Waals surface area (Å²) >= 11 is 0. The molecule has 0 bridgehead atoms. The van der Waals surface area contributed by atoms with E-state index in [2.05, 4.69) is 243 Å². The lowest BCUT2D eigenvalue weighted by Gasteiger charge is -2.35. The van der Waals surface area contributed by atoms with Crippen LogP contribution in [-0.2, 0) is 0 Å². The summed E-state index contributed by atoms with van der Waals surface area (Å²) in [5.74, 6) is 1.99. The maximum atomic E-state index is 6.53. The monoisotopic (exact) mass is 920 g/mol. The van der Waals surface area contributed by atoms with Crippen LogP contribution in [0.2, 0.25) is 0 Å². The molecule has 0 spiro atoms. The topological polar surface area (TPSA) is 40.7 Å². The number of aryl methyl sites for hydroxylation is 6. The number of methoxy groups -OCH3 is 3. The Hall–Kier alpha value is -8.42. The van der Waals surface area contributed by atoms with Crippen LogP contribution in [0.3, 0.4) is 0 Å². The Labute approximate surface area is 414 Å². The first-order chi connectivity index (χ1) is 34.1. The van der Waals surface area contributed by atoms with Gasteiger partial charge in [0.15, 0.2) is 0 Å². The molecule has 0 aromatic heterocycles. The van der Waals surface area contributed by atoms with Gasteiger partial charge in [-0.3, -0.25) is 4.90 Å². The Morgan fingerprint density at radius 2 is 0.500 bits per heavy atom. The molecule has 0 heterocycles. The third-order valence-electron chi connectivity index (χ3n) is 12.8. The van der Waals surface area contributed by atoms with Gasteiger partial charge in [0.05, 0.1) is 55.5 Å². The second-order valence-corrected chi connectivity index (χ2v) is 17.8. The summed E-state index contributed by atoms with van der Waals surface area (Å²) in [4.78, 5) is 9.13. The van der Waals surface area contributed by atoms with Gasteiger partial charge in [-0.15, -0.1) is 0 Å². The molecule has 0 aliphatic heterocycles. The first-order valence-electron chi connectivity index (χ1n) is 23.7. The lowest BCUT2D eigenvalue weighted by Crippen LogP contribution is -2.18. The summed E-state index contributed by atoms with van der Waals surface area (Å²) in [7, 11) is 5.23. The van der Waals surface area contributed by atoms with E-state index in [1.807, 2.05) is 18.2 Å². The van der Waals surface area contributed by atoms with Crippen LogP contribution in [0.5, 0.6) is 17.2 Å². The van der Waals surface area contributed by atoms with Gasteiger partial charge in [0.2, 0.25) is 0 Å². The molecular weight excluding hydrogens is 861 g/mol. The highest BCUT2D eigenvalue weighted by Crippen LogP contribution is 2.54. The van der Waals surface area contributed by atoms with Crippen LogP contribution < -0.4 is 33.8 Å². The van der Waals surface area contributed by atoms with Crippen LogP contribution in [-0.4, -0.2) is 21.3 Å². The van der Waals surface area contributed by atoms with Crippen molar-refractivity contribution >= 4 is 68.2 Å². The molecule has 0 aliphatic rings. The van der Waals surface area contributed by atoms with E-state index in [0.29, 0.717) is 17.2 Å². The van der Waals surface area contributed by atoms with E-state index < -0.39 is 0 Å². The molecule has 9 aromatic carbocycles. The molecule has 0 fully saturated rings. The van der Waals surface area contributed by atoms with Crippen LogP contribution in [0.25, 0.3) is 0 Å². The fourth-order valence-electron chi connectivity index (χ4n) is 9.43. The van der Waals surface area contributed by atoms with Crippen molar-refractivity contribution < 1.29 is 14.2 Å². The Morgan fingerprint density at radius 3 is 0.743 bits per heavy atom. The molecule has 70 heavy (non-hydrogen) atoms. The maximum absolute atomic E-state index is 6.53. The lowest BCUT2D eigenvalue weighted by molar-refractivity contribution is 0.409. The Morgan fingerprint density at radius 1 is 0.243 bits per heavy atom. The van der Waals surface area contributed by atoms with Gasteiger partial charge < -0.3 is 28.9 Å². The summed E-state index contributed by atoms with van der Waals surface area (Å²) in [6.45, 7) is 12.9. The number of hydrogen-bond donors (Lipinski definition) is 0. The predicted octanol–water partition coefficient (Wildman–Crippen LogP) is 17.4. The van der Waals surface area contributed by atoms with Gasteiger partial charge in [0.1, 0.15) is 17.2 Å². The molecular formula is C63H60N4O3. The molecule has 9 rings (SSSR count). The second kappa shape index (κ2) is 20.4. The Bertz CT molecular complexity index is 2920. The fraction of sp³-hybridized carbons (Fsp3) is 0.143. The Balaban J connectivity index is 1.30. The third-order valence-corrected chi connectivity index (χ3v) is 12.8. The van der Waals surface area contributed by atoms with Crippen molar-refractivity contribution in [2.24, 2.45) is 0 Å². The number of rotatable bonds is 15. The Kier molecular flexibility index (Phi) is 13.6. The van der Waals surface area contributed by atoms with E-state index in [-0.39, 0.29) is 0 Å². The normalized spacial score (nSPS) is 10.9. The van der Waals surface area contributed by atoms with Gasteiger partial charge in [0, 0.05) is 52.3 Å². The first-order valence-corrected chi connectivity index (χ1v) is 23.7. The minimum absolute atomic E-state index is 0.665. The van der Waals surface area contributed by atoms with Crippen molar-refractivity contribution in [3.8, 4) is 17.2 Å². The number of nitrogens with zero attached hydrogens (tertiary/aromatic N) is 4. The van der Waals surface area contributed by atoms with E-state index in [4.69, 9.17) is 14.2 Å². The summed E-state index contributed by atoms with van der Waals surface area (Å²) < 4.78 is 19.6. The number of anilines is 12. The molecule has 9 aromatic rings. The van der Waals surface area contributed by atoms with Crippen LogP contribution in [0.15, 0.2) is 200 Å². The highest BCUT2D eigenvalue weighted by atomic mass is 16.5. The summed E-state index contributed by atoms with van der Waals surface area (Å²) in [5, 5.41) is 0. The zero-order valence-corrected chi connectivity index (χ0v) is 41.6. The van der Waals surface area contributed by atoms with Crippen LogP contribution in [0.1, 0.15) is 33.4 Å². The van der Waals surface area contributed by atoms with Crippen molar-refractivity contribution in [3.05, 3.63) is 234 Å². The highest BCUT2D eigenvalue weighted by molar-refractivity contribution is 5.93. The van der Waals surface area contributed by atoms with Crippen LogP contribution in [0, 0.1) is 41.5 Å². The SMILES string of the molecule is COc1cc(N(c2ccccc2)c2cccc(C)c2)c(C)cc1N(c1cc(C)c(N(c2ccccc2)c2cccc(C)c2)cc1OC)c1cc(C)c(N(c2ccccc2)c2cccc(C)c2)cc1OC. The third kappa shape index (κ3) is 9.39. The predicted molar refractivity (Wildman–Crippen MR) is 293 cm³/mol. The average Bonchev–Trinajstić information content (AvgIpc) is 3.37. The number of para-hydroxylation sites is 3. The fourth-order valence-corrected chi connectivity index (χ4v) is 9.43. The van der Waals surface area contributed by atoms with Crippen LogP contribution in [0.4, 0.5) is 68.2 Å². The second-order valence-electron chi connectivity index (χ2n) is 17.8. The molecule has 0 aliphatic carbocycles. The summed E-state index contributed by atoms with van der Waals surface area (Å²) in [6, 6.07) is 70.4. The zero-order valence-electron chi connectivity index (χ0n) is 41.6. The van der Waals surface area contributed by atoms with E-state index in [0.717, 1.165) is 84.9 Å². The van der Waals surface area contributed by atoms with E-state index in [1.54, 1.807) is 21.3 Å². The first kappa shape index (κ1) is 46.7. The molecule has 0 saturated heterocycles. The number of benzene rings is 9. The summed E-state index contributed by atoms with van der Waals surface area (Å²) in [5.41, 5.74) is 18.3. The van der Waals surface area contributed by atoms with Gasteiger partial charge in [-0.2, -0.15) is 0 Å². The lowest BCUT2D eigenvalue weighted by atomic mass is 10.0. The highest BCUT2D eigenvalue weighted by Gasteiger charge is 2.30. The molecule has 0 radical (unpaired) electrons. The molecule has 0 unspecified atom stereocenters. The van der Waals surface area contributed by atoms with Crippen molar-refractivity contribution in [3.63, 3.8) is 0 Å². The summed E-state index contributed by atoms with van der Waals surface area (Å²) in [6.07, 6.45) is 0. The molecule has 350 valence electrons. The maximum Gasteiger partial charge on any atom is 0.144 e. The zero-order chi connectivity index (χ0) is 48.9. The molecule has 0 saturated carbocycles. The molecule has 0 atom stereocenters. The van der Waals surface area contributed by atoms with Gasteiger partial charge in [-0.1, -0.05) is 91.0 Å². The van der Waals surface area contributed by atoms with Gasteiger partial charge in [-0.25, -0.2) is 0 Å². The van der Waals surface area contributed by atoms with Gasteiger partial charge >= 0.3 is 0 Å². The van der Waals surface area contributed by atoms with Gasteiger partial charge in [0.25, 0.3) is 0 Å². The van der Waals surface area contributed by atoms with Crippen molar-refractivity contribution in [1.82, 2.24) is 0 Å². The molecule has 0 amide bonds. The van der Waals surface area contributed by atoms with Crippen LogP contribution >= 0.6 is 0 Å². The van der Waals surface area contributed by atoms with E-state index in [1.165, 1.54) is 16.7 Å². The quantitative estimate of drug-likeness (QED) is 0.101. The largest absolute Gasteiger partial charge is 0.494 e. The molecule has 0 N–H and O–H groups in total. The van der Waals surface area contributed by atoms with Crippen molar-refractivity contribution in [1.29, 1.82) is 0 Å². The van der Waals surface area contributed by atoms with E-state index in [9.17, 15) is 0 Å². The number of hydrogen-bond acceptors (Lipinski definition) is 7. The van der Waals surface area contributed by atoms with Crippen molar-refractivity contribution in [2.75, 3.05) is 40.9 Å². The minimum Gasteiger partial charge on any atom is -0.494 e. The smallest absolute Gasteiger partial charge is 0.144 e. The van der Waals surface area contributed by atoms with Gasteiger partial charge in [-0.05, 0) is 166 Å². The average molecular weight is 921 g/mol. The number of ether oxygens (including phenoxy) is 3. The van der Waals surface area contributed by atoms with Crippen molar-refractivity contribution in [2.45, 2.75) is 41.5 Å². The molecule has 7 nitrogen and oxygen atoms in total. The standard InChI is InChI=1S/C63H60N4O3/c1-43-22-19-31-52(34-43)64(49-25-13-10-14-26-49)55-40-61(68-7)58(37-46(55)4)67(59-38-47(5)56(41-62(59)69-8)65(50-27-15-11-16-28-50)53-32-20-23-44(2)35-53)60-39-48(6)57(42-63(60)70-9)66(51-29-17-12-18-30-51)54-33-21-24-45(3)36-54/h10-42H,1-9H3. The van der Waals surface area contributed by atoms with E-state index >= 15 is 0 Å². The molecule has 7 heteroatoms.